The standard InChI is InChI=1S/C16H16N2OS/c1-11-5-7-14(10-13(11)4-3-9-17)18-16(19)15-8-6-12(2)20-15/h5-8,10H,9,17H2,1-2H3,(H,18,19). The Kier molecular flexibility index (Phi) is 4.57. The number of rotatable bonds is 2. The van der Waals surface area contributed by atoms with E-state index in [1.54, 1.807) is 0 Å². The van der Waals surface area contributed by atoms with E-state index >= 15 is 0 Å². The molecule has 1 heterocycles. The predicted octanol–water partition coefficient (Wildman–Crippen LogP) is 2.93. The van der Waals surface area contributed by atoms with E-state index in [1.165, 1.54) is 11.3 Å². The van der Waals surface area contributed by atoms with E-state index in [4.69, 9.17) is 5.73 Å². The van der Waals surface area contributed by atoms with Gasteiger partial charge in [-0.15, -0.1) is 11.3 Å². The number of carbonyl (C=O) groups excluding carboxylic acids is 1. The average molecular weight is 284 g/mol. The molecule has 0 saturated heterocycles. The van der Waals surface area contributed by atoms with Crippen molar-refractivity contribution in [1.29, 1.82) is 0 Å². The minimum Gasteiger partial charge on any atom is -0.321 e. The normalized spacial score (nSPS) is 9.75. The second kappa shape index (κ2) is 6.38. The first-order valence-electron chi connectivity index (χ1n) is 6.27. The third-order valence-electron chi connectivity index (χ3n) is 2.78. The fourth-order valence-corrected chi connectivity index (χ4v) is 2.49. The van der Waals surface area contributed by atoms with Crippen molar-refractivity contribution < 1.29 is 4.79 Å². The van der Waals surface area contributed by atoms with Crippen LogP contribution in [0.15, 0.2) is 30.3 Å². The number of anilines is 1. The predicted molar refractivity (Wildman–Crippen MR) is 84.1 cm³/mol. The number of nitrogens with one attached hydrogen (secondary N) is 1. The lowest BCUT2D eigenvalue weighted by Gasteiger charge is -2.06. The van der Waals surface area contributed by atoms with Crippen LogP contribution >= 0.6 is 11.3 Å². The van der Waals surface area contributed by atoms with Gasteiger partial charge in [-0.1, -0.05) is 17.9 Å². The highest BCUT2D eigenvalue weighted by Gasteiger charge is 2.08. The highest BCUT2D eigenvalue weighted by molar-refractivity contribution is 7.14. The first-order chi connectivity index (χ1) is 9.60. The van der Waals surface area contributed by atoms with Gasteiger partial charge >= 0.3 is 0 Å². The first-order valence-corrected chi connectivity index (χ1v) is 7.09. The molecule has 4 heteroatoms. The topological polar surface area (TPSA) is 55.1 Å². The summed E-state index contributed by atoms with van der Waals surface area (Å²) >= 11 is 1.48. The molecule has 0 radical (unpaired) electrons. The van der Waals surface area contributed by atoms with Gasteiger partial charge in [0.2, 0.25) is 0 Å². The maximum absolute atomic E-state index is 12.1. The van der Waals surface area contributed by atoms with E-state index < -0.39 is 0 Å². The van der Waals surface area contributed by atoms with E-state index in [0.29, 0.717) is 11.4 Å². The van der Waals surface area contributed by atoms with E-state index in [-0.39, 0.29) is 5.91 Å². The van der Waals surface area contributed by atoms with Gasteiger partial charge in [0.05, 0.1) is 11.4 Å². The van der Waals surface area contributed by atoms with Crippen molar-refractivity contribution in [3.8, 4) is 11.8 Å². The van der Waals surface area contributed by atoms with E-state index in [1.807, 2.05) is 44.2 Å². The SMILES string of the molecule is Cc1ccc(C(=O)Nc2ccc(C)c(C#CCN)c2)s1. The Balaban J connectivity index is 2.19. The summed E-state index contributed by atoms with van der Waals surface area (Å²) in [6, 6.07) is 9.46. The van der Waals surface area contributed by atoms with Gasteiger partial charge in [-0.25, -0.2) is 0 Å². The smallest absolute Gasteiger partial charge is 0.265 e. The van der Waals surface area contributed by atoms with Crippen molar-refractivity contribution in [3.63, 3.8) is 0 Å². The molecule has 0 atom stereocenters. The van der Waals surface area contributed by atoms with Crippen LogP contribution in [0.25, 0.3) is 0 Å². The average Bonchev–Trinajstić information content (AvgIpc) is 2.86. The molecule has 2 rings (SSSR count). The Labute approximate surface area is 122 Å². The van der Waals surface area contributed by atoms with Crippen LogP contribution in [-0.2, 0) is 0 Å². The molecule has 20 heavy (non-hydrogen) atoms. The van der Waals surface area contributed by atoms with Crippen LogP contribution in [0.3, 0.4) is 0 Å². The molecule has 3 N–H and O–H groups in total. The molecule has 0 aliphatic carbocycles. The largest absolute Gasteiger partial charge is 0.321 e. The monoisotopic (exact) mass is 284 g/mol. The summed E-state index contributed by atoms with van der Waals surface area (Å²) in [7, 11) is 0. The first kappa shape index (κ1) is 14.3. The molecule has 1 amide bonds. The molecular weight excluding hydrogens is 268 g/mol. The van der Waals surface area contributed by atoms with Gasteiger partial charge in [-0.3, -0.25) is 4.79 Å². The summed E-state index contributed by atoms with van der Waals surface area (Å²) in [6.07, 6.45) is 0. The van der Waals surface area contributed by atoms with Gasteiger partial charge in [0.25, 0.3) is 5.91 Å². The summed E-state index contributed by atoms with van der Waals surface area (Å²) in [5, 5.41) is 2.89. The summed E-state index contributed by atoms with van der Waals surface area (Å²) in [4.78, 5) is 13.9. The van der Waals surface area contributed by atoms with Crippen LogP contribution in [0.2, 0.25) is 0 Å². The lowest BCUT2D eigenvalue weighted by molar-refractivity contribution is 0.103. The molecule has 0 saturated carbocycles. The fourth-order valence-electron chi connectivity index (χ4n) is 1.73. The van der Waals surface area contributed by atoms with Crippen molar-refractivity contribution >= 4 is 22.9 Å². The minimum absolute atomic E-state index is 0.0929. The van der Waals surface area contributed by atoms with E-state index in [0.717, 1.165) is 21.7 Å². The Hall–Kier alpha value is -2.09. The highest BCUT2D eigenvalue weighted by atomic mass is 32.1. The lowest BCUT2D eigenvalue weighted by atomic mass is 10.1. The number of amides is 1. The van der Waals surface area contributed by atoms with E-state index in [2.05, 4.69) is 17.2 Å². The lowest BCUT2D eigenvalue weighted by Crippen LogP contribution is -2.10. The van der Waals surface area contributed by atoms with Crippen molar-refractivity contribution in [2.75, 3.05) is 11.9 Å². The van der Waals surface area contributed by atoms with Crippen LogP contribution in [0, 0.1) is 25.7 Å². The number of carbonyl (C=O) groups is 1. The molecule has 0 fully saturated rings. The maximum Gasteiger partial charge on any atom is 0.265 e. The highest BCUT2D eigenvalue weighted by Crippen LogP contribution is 2.19. The number of aryl methyl sites for hydroxylation is 2. The number of hydrogen-bond acceptors (Lipinski definition) is 3. The molecule has 102 valence electrons. The molecular formula is C16H16N2OS. The quantitative estimate of drug-likeness (QED) is 0.833. The molecule has 0 aliphatic heterocycles. The third-order valence-corrected chi connectivity index (χ3v) is 3.78. The van der Waals surface area contributed by atoms with Gasteiger partial charge in [-0.05, 0) is 43.7 Å². The zero-order valence-corrected chi connectivity index (χ0v) is 12.3. The fraction of sp³-hybridized carbons (Fsp3) is 0.188. The molecule has 0 spiro atoms. The van der Waals surface area contributed by atoms with Gasteiger partial charge in [0.1, 0.15) is 0 Å². The third kappa shape index (κ3) is 3.47. The molecule has 1 aromatic heterocycles. The number of nitrogens with two attached hydrogens (primary N) is 1. The number of thiophene rings is 1. The Morgan fingerprint density at radius 3 is 2.75 bits per heavy atom. The zero-order valence-electron chi connectivity index (χ0n) is 11.5. The molecule has 0 bridgehead atoms. The second-order valence-corrected chi connectivity index (χ2v) is 5.69. The number of benzene rings is 1. The zero-order chi connectivity index (χ0) is 14.5. The van der Waals surface area contributed by atoms with Gasteiger partial charge < -0.3 is 11.1 Å². The Morgan fingerprint density at radius 2 is 2.10 bits per heavy atom. The summed E-state index contributed by atoms with van der Waals surface area (Å²) in [6.45, 7) is 4.28. The molecule has 0 aliphatic rings. The van der Waals surface area contributed by atoms with Crippen molar-refractivity contribution in [2.24, 2.45) is 5.73 Å². The van der Waals surface area contributed by atoms with Crippen LogP contribution in [0.5, 0.6) is 0 Å². The number of hydrogen-bond donors (Lipinski definition) is 2. The summed E-state index contributed by atoms with van der Waals surface area (Å²) in [5.41, 5.74) is 8.08. The summed E-state index contributed by atoms with van der Waals surface area (Å²) in [5.74, 6) is 5.74. The Morgan fingerprint density at radius 1 is 1.30 bits per heavy atom. The van der Waals surface area contributed by atoms with Crippen molar-refractivity contribution in [3.05, 3.63) is 51.2 Å². The molecule has 2 aromatic rings. The van der Waals surface area contributed by atoms with Crippen LogP contribution in [0.4, 0.5) is 5.69 Å². The molecule has 3 nitrogen and oxygen atoms in total. The van der Waals surface area contributed by atoms with Crippen LogP contribution in [-0.4, -0.2) is 12.5 Å². The van der Waals surface area contributed by atoms with E-state index in [9.17, 15) is 4.79 Å². The van der Waals surface area contributed by atoms with Gasteiger partial charge in [-0.2, -0.15) is 0 Å². The molecule has 1 aromatic carbocycles. The van der Waals surface area contributed by atoms with Crippen LogP contribution < -0.4 is 11.1 Å². The molecule has 0 unspecified atom stereocenters. The van der Waals surface area contributed by atoms with Crippen molar-refractivity contribution in [2.45, 2.75) is 13.8 Å². The second-order valence-electron chi connectivity index (χ2n) is 4.40. The summed E-state index contributed by atoms with van der Waals surface area (Å²) < 4.78 is 0. The van der Waals surface area contributed by atoms with Crippen molar-refractivity contribution in [1.82, 2.24) is 0 Å². The minimum atomic E-state index is -0.0929. The Bertz CT molecular complexity index is 692. The maximum atomic E-state index is 12.1. The van der Waals surface area contributed by atoms with Gasteiger partial charge in [0.15, 0.2) is 0 Å². The van der Waals surface area contributed by atoms with Crippen LogP contribution in [0.1, 0.15) is 25.7 Å². The van der Waals surface area contributed by atoms with Gasteiger partial charge in [0, 0.05) is 16.1 Å².